The Morgan fingerprint density at radius 2 is 2.00 bits per heavy atom. The third-order valence-electron chi connectivity index (χ3n) is 3.67. The maximum Gasteiger partial charge on any atom is 0.259 e. The largest absolute Gasteiger partial charge is 0.326 e. The number of nitrogens with one attached hydrogen (secondary N) is 3. The molecule has 0 unspecified atom stereocenters. The summed E-state index contributed by atoms with van der Waals surface area (Å²) < 4.78 is 0. The molecule has 2 aliphatic rings. The van der Waals surface area contributed by atoms with Crippen LogP contribution in [0.1, 0.15) is 33.6 Å². The van der Waals surface area contributed by atoms with E-state index in [4.69, 9.17) is 0 Å². The van der Waals surface area contributed by atoms with Crippen molar-refractivity contribution in [3.05, 3.63) is 29.3 Å². The summed E-state index contributed by atoms with van der Waals surface area (Å²) in [5.41, 5.74) is 1.21. The molecule has 3 rings (SSSR count). The first-order chi connectivity index (χ1) is 9.65. The lowest BCUT2D eigenvalue weighted by Gasteiger charge is -2.21. The van der Waals surface area contributed by atoms with Gasteiger partial charge >= 0.3 is 0 Å². The number of rotatable bonds is 2. The van der Waals surface area contributed by atoms with Crippen molar-refractivity contribution in [2.45, 2.75) is 12.8 Å². The van der Waals surface area contributed by atoms with E-state index in [9.17, 15) is 14.4 Å². The van der Waals surface area contributed by atoms with Gasteiger partial charge in [0, 0.05) is 12.2 Å². The summed E-state index contributed by atoms with van der Waals surface area (Å²) in [5.74, 6) is -0.908. The van der Waals surface area contributed by atoms with Crippen LogP contribution in [0.15, 0.2) is 18.2 Å². The molecule has 1 saturated heterocycles. The Bertz CT molecular complexity index is 591. The first kappa shape index (κ1) is 12.8. The van der Waals surface area contributed by atoms with Crippen LogP contribution in [0.2, 0.25) is 0 Å². The molecule has 0 bridgehead atoms. The molecule has 6 nitrogen and oxygen atoms in total. The Labute approximate surface area is 115 Å². The van der Waals surface area contributed by atoms with Gasteiger partial charge in [-0.3, -0.25) is 19.7 Å². The summed E-state index contributed by atoms with van der Waals surface area (Å²) >= 11 is 0. The van der Waals surface area contributed by atoms with Crippen LogP contribution in [0.25, 0.3) is 0 Å². The van der Waals surface area contributed by atoms with Gasteiger partial charge in [-0.1, -0.05) is 0 Å². The number of piperidine rings is 1. The number of fused-ring (bicyclic) bond motifs is 1. The minimum Gasteiger partial charge on any atom is -0.326 e. The van der Waals surface area contributed by atoms with Gasteiger partial charge in [-0.15, -0.1) is 0 Å². The van der Waals surface area contributed by atoms with Crippen molar-refractivity contribution in [3.8, 4) is 0 Å². The fourth-order valence-electron chi connectivity index (χ4n) is 2.57. The molecule has 0 aromatic heterocycles. The van der Waals surface area contributed by atoms with Gasteiger partial charge in [0.05, 0.1) is 17.0 Å². The summed E-state index contributed by atoms with van der Waals surface area (Å²) in [6.45, 7) is 1.63. The molecule has 0 spiro atoms. The Morgan fingerprint density at radius 1 is 1.20 bits per heavy atom. The fourth-order valence-corrected chi connectivity index (χ4v) is 2.57. The van der Waals surface area contributed by atoms with Crippen molar-refractivity contribution in [1.29, 1.82) is 0 Å². The van der Waals surface area contributed by atoms with Gasteiger partial charge in [0.1, 0.15) is 0 Å². The normalized spacial score (nSPS) is 21.3. The van der Waals surface area contributed by atoms with E-state index in [0.717, 1.165) is 19.4 Å². The molecule has 1 aromatic carbocycles. The Kier molecular flexibility index (Phi) is 3.23. The maximum absolute atomic E-state index is 12.1. The van der Waals surface area contributed by atoms with E-state index in [0.29, 0.717) is 23.4 Å². The van der Waals surface area contributed by atoms with Crippen molar-refractivity contribution in [2.75, 3.05) is 18.4 Å². The van der Waals surface area contributed by atoms with Crippen molar-refractivity contribution >= 4 is 23.4 Å². The van der Waals surface area contributed by atoms with Gasteiger partial charge in [-0.25, -0.2) is 0 Å². The average molecular weight is 273 g/mol. The highest BCUT2D eigenvalue weighted by atomic mass is 16.2. The van der Waals surface area contributed by atoms with Crippen LogP contribution >= 0.6 is 0 Å². The molecule has 1 atom stereocenters. The number of benzene rings is 1. The lowest BCUT2D eigenvalue weighted by atomic mass is 9.98. The van der Waals surface area contributed by atoms with E-state index < -0.39 is 5.91 Å². The third-order valence-corrected chi connectivity index (χ3v) is 3.67. The van der Waals surface area contributed by atoms with E-state index in [1.54, 1.807) is 18.2 Å². The number of amides is 3. The first-order valence-corrected chi connectivity index (χ1v) is 6.66. The molecule has 3 N–H and O–H groups in total. The zero-order valence-corrected chi connectivity index (χ0v) is 10.9. The summed E-state index contributed by atoms with van der Waals surface area (Å²) in [5, 5.41) is 8.22. The quantitative estimate of drug-likeness (QED) is 0.685. The number of carbonyl (C=O) groups excluding carboxylic acids is 3. The van der Waals surface area contributed by atoms with E-state index in [1.807, 2.05) is 0 Å². The third kappa shape index (κ3) is 2.30. The molecule has 3 amide bonds. The lowest BCUT2D eigenvalue weighted by Crippen LogP contribution is -2.37. The predicted molar refractivity (Wildman–Crippen MR) is 72.5 cm³/mol. The van der Waals surface area contributed by atoms with E-state index in [-0.39, 0.29) is 17.7 Å². The topological polar surface area (TPSA) is 87.3 Å². The van der Waals surface area contributed by atoms with Gasteiger partial charge in [0.25, 0.3) is 11.8 Å². The van der Waals surface area contributed by atoms with Crippen LogP contribution in [0.3, 0.4) is 0 Å². The summed E-state index contributed by atoms with van der Waals surface area (Å²) in [6.07, 6.45) is 1.85. The highest BCUT2D eigenvalue weighted by Crippen LogP contribution is 2.21. The number of anilines is 1. The molecule has 0 saturated carbocycles. The summed E-state index contributed by atoms with van der Waals surface area (Å²) in [7, 11) is 0. The Morgan fingerprint density at radius 3 is 2.75 bits per heavy atom. The second-order valence-electron chi connectivity index (χ2n) is 5.08. The van der Waals surface area contributed by atoms with Crippen LogP contribution in [-0.4, -0.2) is 30.8 Å². The molecular weight excluding hydrogens is 258 g/mol. The van der Waals surface area contributed by atoms with Crippen molar-refractivity contribution in [3.63, 3.8) is 0 Å². The standard InChI is InChI=1S/C14H15N3O3/c18-12(8-2-1-5-15-7-8)16-9-3-4-10-11(6-9)14(20)17-13(10)19/h3-4,6,8,15H,1-2,5,7H2,(H,16,18)(H,17,19,20)/t8-/m0/s1. The predicted octanol–water partition coefficient (Wildman–Crippen LogP) is 0.508. The molecule has 1 fully saturated rings. The van der Waals surface area contributed by atoms with Gasteiger partial charge in [0.15, 0.2) is 0 Å². The minimum atomic E-state index is -0.416. The fraction of sp³-hybridized carbons (Fsp3) is 0.357. The van der Waals surface area contributed by atoms with Crippen LogP contribution in [-0.2, 0) is 4.79 Å². The average Bonchev–Trinajstić information content (AvgIpc) is 2.75. The zero-order chi connectivity index (χ0) is 14.1. The number of imide groups is 1. The molecule has 2 aliphatic heterocycles. The van der Waals surface area contributed by atoms with Crippen molar-refractivity contribution in [2.24, 2.45) is 5.92 Å². The van der Waals surface area contributed by atoms with Crippen LogP contribution in [0.5, 0.6) is 0 Å². The minimum absolute atomic E-state index is 0.0486. The molecule has 2 heterocycles. The second-order valence-corrected chi connectivity index (χ2v) is 5.08. The second kappa shape index (κ2) is 5.05. The SMILES string of the molecule is O=C1NC(=O)c2cc(NC(=O)[C@H]3CCCNC3)ccc21. The lowest BCUT2D eigenvalue weighted by molar-refractivity contribution is -0.120. The van der Waals surface area contributed by atoms with Gasteiger partial charge in [-0.2, -0.15) is 0 Å². The van der Waals surface area contributed by atoms with Gasteiger partial charge < -0.3 is 10.6 Å². The Hall–Kier alpha value is -2.21. The molecule has 6 heteroatoms. The number of carbonyl (C=O) groups is 3. The summed E-state index contributed by atoms with van der Waals surface area (Å²) in [6, 6.07) is 4.75. The van der Waals surface area contributed by atoms with Crippen LogP contribution in [0.4, 0.5) is 5.69 Å². The van der Waals surface area contributed by atoms with Crippen molar-refractivity contribution in [1.82, 2.24) is 10.6 Å². The molecule has 1 aromatic rings. The maximum atomic E-state index is 12.1. The highest BCUT2D eigenvalue weighted by Gasteiger charge is 2.27. The van der Waals surface area contributed by atoms with Gasteiger partial charge in [0.2, 0.25) is 5.91 Å². The van der Waals surface area contributed by atoms with Gasteiger partial charge in [-0.05, 0) is 37.6 Å². The number of hydrogen-bond donors (Lipinski definition) is 3. The number of hydrogen-bond acceptors (Lipinski definition) is 4. The molecule has 104 valence electrons. The molecule has 0 aliphatic carbocycles. The van der Waals surface area contributed by atoms with Crippen LogP contribution < -0.4 is 16.0 Å². The molecular formula is C14H15N3O3. The van der Waals surface area contributed by atoms with E-state index >= 15 is 0 Å². The smallest absolute Gasteiger partial charge is 0.259 e. The first-order valence-electron chi connectivity index (χ1n) is 6.66. The zero-order valence-electron chi connectivity index (χ0n) is 10.9. The summed E-state index contributed by atoms with van der Waals surface area (Å²) in [4.78, 5) is 35.1. The van der Waals surface area contributed by atoms with Crippen LogP contribution in [0, 0.1) is 5.92 Å². The molecule has 20 heavy (non-hydrogen) atoms. The van der Waals surface area contributed by atoms with E-state index in [2.05, 4.69) is 16.0 Å². The highest BCUT2D eigenvalue weighted by molar-refractivity contribution is 6.22. The van der Waals surface area contributed by atoms with Crippen molar-refractivity contribution < 1.29 is 14.4 Å². The van der Waals surface area contributed by atoms with E-state index in [1.165, 1.54) is 0 Å². The Balaban J connectivity index is 1.75. The monoisotopic (exact) mass is 273 g/mol. The molecule has 0 radical (unpaired) electrons.